The quantitative estimate of drug-likeness (QED) is 0.199. The molecule has 0 radical (unpaired) electrons. The Kier molecular flexibility index (Phi) is 6.85. The Hall–Kier alpha value is -3.96. The molecule has 12 nitrogen and oxygen atoms in total. The molecule has 0 aliphatic carbocycles. The standard InChI is InChI=1S/C17H20N6O6/c1-10(8-22-11(2)7-15(20-22)23(26)27)17(25)29-21-16(19)12-3-5-13(6-4-12)28-9-14(18)24/h3-7,10H,8-9H2,1-2H3,(H2,18,24)(H2,19,21). The number of nitro groups is 1. The van der Waals surface area contributed by atoms with Crippen LogP contribution in [0.25, 0.3) is 0 Å². The average Bonchev–Trinajstić information content (AvgIpc) is 3.05. The van der Waals surface area contributed by atoms with Crippen molar-refractivity contribution in [2.75, 3.05) is 6.61 Å². The molecule has 0 saturated carbocycles. The Morgan fingerprint density at radius 3 is 2.52 bits per heavy atom. The Morgan fingerprint density at radius 1 is 1.31 bits per heavy atom. The smallest absolute Gasteiger partial charge is 0.390 e. The summed E-state index contributed by atoms with van der Waals surface area (Å²) in [5.74, 6) is -1.88. The van der Waals surface area contributed by atoms with E-state index in [9.17, 15) is 19.7 Å². The fourth-order valence-electron chi connectivity index (χ4n) is 2.21. The number of ether oxygens (including phenoxy) is 1. The summed E-state index contributed by atoms with van der Waals surface area (Å²) in [7, 11) is 0. The van der Waals surface area contributed by atoms with Gasteiger partial charge in [-0.2, -0.15) is 4.68 Å². The van der Waals surface area contributed by atoms with Gasteiger partial charge in [-0.25, -0.2) is 4.79 Å². The summed E-state index contributed by atoms with van der Waals surface area (Å²) < 4.78 is 6.47. The molecule has 1 heterocycles. The first-order chi connectivity index (χ1) is 13.7. The predicted molar refractivity (Wildman–Crippen MR) is 101 cm³/mol. The van der Waals surface area contributed by atoms with Crippen LogP contribution >= 0.6 is 0 Å². The minimum atomic E-state index is -0.674. The molecule has 12 heteroatoms. The van der Waals surface area contributed by atoms with Crippen molar-refractivity contribution in [1.82, 2.24) is 9.78 Å². The summed E-state index contributed by atoms with van der Waals surface area (Å²) in [4.78, 5) is 37.8. The van der Waals surface area contributed by atoms with E-state index in [1.54, 1.807) is 38.1 Å². The molecule has 1 aromatic carbocycles. The number of oxime groups is 1. The summed E-state index contributed by atoms with van der Waals surface area (Å²) in [6, 6.07) is 7.55. The van der Waals surface area contributed by atoms with Crippen LogP contribution in [-0.4, -0.2) is 39.0 Å². The van der Waals surface area contributed by atoms with Crippen LogP contribution in [0.15, 0.2) is 35.5 Å². The number of hydrogen-bond donors (Lipinski definition) is 2. The third kappa shape index (κ3) is 6.02. The van der Waals surface area contributed by atoms with E-state index in [1.165, 1.54) is 10.7 Å². The van der Waals surface area contributed by atoms with E-state index in [4.69, 9.17) is 21.0 Å². The van der Waals surface area contributed by atoms with Gasteiger partial charge in [0.2, 0.25) is 0 Å². The lowest BCUT2D eigenvalue weighted by Gasteiger charge is -2.08. The highest BCUT2D eigenvalue weighted by atomic mass is 16.7. The number of nitrogens with two attached hydrogens (primary N) is 2. The van der Waals surface area contributed by atoms with E-state index in [0.29, 0.717) is 17.0 Å². The molecule has 0 saturated heterocycles. The van der Waals surface area contributed by atoms with Crippen molar-refractivity contribution in [2.24, 2.45) is 22.5 Å². The van der Waals surface area contributed by atoms with Gasteiger partial charge in [0.25, 0.3) is 5.91 Å². The zero-order valence-corrected chi connectivity index (χ0v) is 15.8. The van der Waals surface area contributed by atoms with Gasteiger partial charge >= 0.3 is 11.8 Å². The van der Waals surface area contributed by atoms with Crippen LogP contribution in [0.2, 0.25) is 0 Å². The molecule has 2 aromatic rings. The van der Waals surface area contributed by atoms with Gasteiger partial charge in [-0.05, 0) is 43.0 Å². The normalized spacial score (nSPS) is 12.3. The fourth-order valence-corrected chi connectivity index (χ4v) is 2.21. The molecular formula is C17H20N6O6. The van der Waals surface area contributed by atoms with Crippen LogP contribution in [0.3, 0.4) is 0 Å². The highest BCUT2D eigenvalue weighted by Crippen LogP contribution is 2.14. The molecular weight excluding hydrogens is 384 g/mol. The summed E-state index contributed by atoms with van der Waals surface area (Å²) >= 11 is 0. The summed E-state index contributed by atoms with van der Waals surface area (Å²) in [5, 5.41) is 18.2. The molecule has 2 rings (SSSR count). The van der Waals surface area contributed by atoms with Gasteiger partial charge in [-0.15, -0.1) is 0 Å². The van der Waals surface area contributed by atoms with E-state index in [0.717, 1.165) is 0 Å². The number of amides is 1. The van der Waals surface area contributed by atoms with E-state index < -0.39 is 22.7 Å². The molecule has 29 heavy (non-hydrogen) atoms. The minimum absolute atomic E-state index is 0.0436. The third-order valence-electron chi connectivity index (χ3n) is 3.77. The molecule has 0 spiro atoms. The largest absolute Gasteiger partial charge is 0.484 e. The Bertz CT molecular complexity index is 936. The van der Waals surface area contributed by atoms with Gasteiger partial charge in [0.05, 0.1) is 29.3 Å². The van der Waals surface area contributed by atoms with Crippen molar-refractivity contribution in [3.63, 3.8) is 0 Å². The van der Waals surface area contributed by atoms with Crippen molar-refractivity contribution in [3.8, 4) is 5.75 Å². The Labute approximate surface area is 165 Å². The Balaban J connectivity index is 1.94. The number of aromatic nitrogens is 2. The number of nitrogens with zero attached hydrogens (tertiary/aromatic N) is 4. The summed E-state index contributed by atoms with van der Waals surface area (Å²) in [6.07, 6.45) is 0. The van der Waals surface area contributed by atoms with Gasteiger partial charge in [-0.1, -0.05) is 5.16 Å². The second-order valence-electron chi connectivity index (χ2n) is 6.15. The monoisotopic (exact) mass is 404 g/mol. The van der Waals surface area contributed by atoms with Crippen molar-refractivity contribution in [2.45, 2.75) is 20.4 Å². The fraction of sp³-hybridized carbons (Fsp3) is 0.294. The van der Waals surface area contributed by atoms with Gasteiger partial charge in [0.15, 0.2) is 12.4 Å². The Morgan fingerprint density at radius 2 is 1.97 bits per heavy atom. The lowest BCUT2D eigenvalue weighted by atomic mass is 10.2. The highest BCUT2D eigenvalue weighted by Gasteiger charge is 2.22. The number of primary amides is 1. The summed E-state index contributed by atoms with van der Waals surface area (Å²) in [5.41, 5.74) is 11.8. The SMILES string of the molecule is Cc1cc([N+](=O)[O-])nn1CC(C)C(=O)O/N=C(\N)c1ccc(OCC(N)=O)cc1. The third-order valence-corrected chi connectivity index (χ3v) is 3.77. The molecule has 154 valence electrons. The molecule has 1 atom stereocenters. The molecule has 1 unspecified atom stereocenters. The number of hydrogen-bond acceptors (Lipinski definition) is 8. The van der Waals surface area contributed by atoms with Gasteiger partial charge in [0.1, 0.15) is 5.75 Å². The summed E-state index contributed by atoms with van der Waals surface area (Å²) in [6.45, 7) is 3.05. The first kappa shape index (κ1) is 21.3. The highest BCUT2D eigenvalue weighted by molar-refractivity contribution is 5.97. The number of carbonyl (C=O) groups excluding carboxylic acids is 2. The molecule has 1 amide bonds. The zero-order valence-electron chi connectivity index (χ0n) is 15.8. The first-order valence-corrected chi connectivity index (χ1v) is 8.42. The van der Waals surface area contributed by atoms with Crippen LogP contribution in [0.4, 0.5) is 5.82 Å². The van der Waals surface area contributed by atoms with Crippen molar-refractivity contribution in [1.29, 1.82) is 0 Å². The molecule has 0 bridgehead atoms. The number of rotatable bonds is 9. The van der Waals surface area contributed by atoms with Crippen LogP contribution in [0, 0.1) is 23.0 Å². The number of benzene rings is 1. The number of amidine groups is 1. The van der Waals surface area contributed by atoms with Crippen LogP contribution < -0.4 is 16.2 Å². The van der Waals surface area contributed by atoms with E-state index in [-0.39, 0.29) is 24.8 Å². The van der Waals surface area contributed by atoms with E-state index in [2.05, 4.69) is 10.3 Å². The lowest BCUT2D eigenvalue weighted by Crippen LogP contribution is -2.22. The van der Waals surface area contributed by atoms with Crippen LogP contribution in [0.1, 0.15) is 18.2 Å². The molecule has 0 fully saturated rings. The number of carbonyl (C=O) groups is 2. The van der Waals surface area contributed by atoms with Crippen molar-refractivity contribution >= 4 is 23.5 Å². The molecule has 0 aliphatic heterocycles. The lowest BCUT2D eigenvalue weighted by molar-refractivity contribution is -0.389. The maximum absolute atomic E-state index is 12.1. The zero-order chi connectivity index (χ0) is 21.6. The average molecular weight is 404 g/mol. The van der Waals surface area contributed by atoms with Crippen molar-refractivity contribution in [3.05, 3.63) is 51.7 Å². The number of aryl methyl sites for hydroxylation is 1. The van der Waals surface area contributed by atoms with Gasteiger partial charge in [-0.3, -0.25) is 4.79 Å². The van der Waals surface area contributed by atoms with Gasteiger partial charge in [0, 0.05) is 5.56 Å². The maximum atomic E-state index is 12.1. The van der Waals surface area contributed by atoms with Gasteiger partial charge < -0.3 is 31.2 Å². The van der Waals surface area contributed by atoms with Crippen molar-refractivity contribution < 1.29 is 24.1 Å². The molecule has 0 aliphatic rings. The second-order valence-corrected chi connectivity index (χ2v) is 6.15. The van der Waals surface area contributed by atoms with E-state index in [1.807, 2.05) is 0 Å². The topological polar surface area (TPSA) is 178 Å². The van der Waals surface area contributed by atoms with Crippen LogP contribution in [0.5, 0.6) is 5.75 Å². The first-order valence-electron chi connectivity index (χ1n) is 8.42. The van der Waals surface area contributed by atoms with Crippen LogP contribution in [-0.2, 0) is 21.0 Å². The minimum Gasteiger partial charge on any atom is -0.484 e. The molecule has 1 aromatic heterocycles. The maximum Gasteiger partial charge on any atom is 0.390 e. The van der Waals surface area contributed by atoms with E-state index >= 15 is 0 Å². The second kappa shape index (κ2) is 9.30. The predicted octanol–water partition coefficient (Wildman–Crippen LogP) is 0.464. The molecule has 4 N–H and O–H groups in total.